The summed E-state index contributed by atoms with van der Waals surface area (Å²) in [7, 11) is -3.78. The molecule has 6 nitrogen and oxygen atoms in total. The van der Waals surface area contributed by atoms with Crippen LogP contribution in [0.25, 0.3) is 6.08 Å². The lowest BCUT2D eigenvalue weighted by atomic mass is 10.1. The summed E-state index contributed by atoms with van der Waals surface area (Å²) in [6.07, 6.45) is 1.51. The molecule has 3 aromatic rings. The molecule has 1 aromatic heterocycles. The summed E-state index contributed by atoms with van der Waals surface area (Å²) in [5.41, 5.74) is 2.55. The first-order valence-corrected chi connectivity index (χ1v) is 11.3. The number of rotatable bonds is 6. The Balaban J connectivity index is 1.76. The molecular weight excluding hydrogens is 418 g/mol. The van der Waals surface area contributed by atoms with Crippen molar-refractivity contribution in [2.45, 2.75) is 18.7 Å². The fourth-order valence-electron chi connectivity index (χ4n) is 2.75. The van der Waals surface area contributed by atoms with Crippen molar-refractivity contribution in [2.75, 3.05) is 10.0 Å². The first kappa shape index (κ1) is 21.3. The average Bonchev–Trinajstić information content (AvgIpc) is 3.22. The molecule has 2 N–H and O–H groups in total. The molecule has 0 unspecified atom stereocenters. The van der Waals surface area contributed by atoms with Crippen LogP contribution in [0.1, 0.15) is 16.0 Å². The SMILES string of the molecule is Cc1cccc(C)c1NS(=O)(=O)c1ccc(NC(=O)C(C#N)=Cc2cccs2)cc1. The van der Waals surface area contributed by atoms with Gasteiger partial charge in [-0.05, 0) is 66.8 Å². The van der Waals surface area contributed by atoms with Gasteiger partial charge in [-0.1, -0.05) is 24.3 Å². The van der Waals surface area contributed by atoms with E-state index >= 15 is 0 Å². The van der Waals surface area contributed by atoms with Crippen LogP contribution in [0.5, 0.6) is 0 Å². The van der Waals surface area contributed by atoms with Crippen molar-refractivity contribution in [1.82, 2.24) is 0 Å². The summed E-state index contributed by atoms with van der Waals surface area (Å²) < 4.78 is 28.1. The minimum Gasteiger partial charge on any atom is -0.321 e. The zero-order valence-electron chi connectivity index (χ0n) is 16.3. The quantitative estimate of drug-likeness (QED) is 0.431. The molecule has 152 valence electrons. The first-order valence-electron chi connectivity index (χ1n) is 8.96. The number of nitrogens with one attached hydrogen (secondary N) is 2. The van der Waals surface area contributed by atoms with E-state index in [1.54, 1.807) is 6.07 Å². The van der Waals surface area contributed by atoms with Crippen LogP contribution in [0.2, 0.25) is 0 Å². The van der Waals surface area contributed by atoms with Gasteiger partial charge in [-0.25, -0.2) is 8.42 Å². The number of hydrogen-bond donors (Lipinski definition) is 2. The number of nitriles is 1. The maximum absolute atomic E-state index is 12.7. The summed E-state index contributed by atoms with van der Waals surface area (Å²) in [5, 5.41) is 13.7. The van der Waals surface area contributed by atoms with Crippen LogP contribution in [0.3, 0.4) is 0 Å². The van der Waals surface area contributed by atoms with Crippen LogP contribution in [0.4, 0.5) is 11.4 Å². The highest BCUT2D eigenvalue weighted by molar-refractivity contribution is 7.92. The van der Waals surface area contributed by atoms with Gasteiger partial charge in [-0.15, -0.1) is 11.3 Å². The molecule has 1 heterocycles. The number of carbonyl (C=O) groups excluding carboxylic acids is 1. The molecule has 0 spiro atoms. The lowest BCUT2D eigenvalue weighted by molar-refractivity contribution is -0.112. The highest BCUT2D eigenvalue weighted by Crippen LogP contribution is 2.24. The molecule has 1 amide bonds. The zero-order chi connectivity index (χ0) is 21.7. The van der Waals surface area contributed by atoms with E-state index in [1.165, 1.54) is 41.7 Å². The Hall–Kier alpha value is -3.41. The molecule has 0 saturated heterocycles. The summed E-state index contributed by atoms with van der Waals surface area (Å²) in [6.45, 7) is 3.67. The third kappa shape index (κ3) is 4.95. The van der Waals surface area contributed by atoms with E-state index in [1.807, 2.05) is 49.6 Å². The number of hydrogen-bond acceptors (Lipinski definition) is 5. The van der Waals surface area contributed by atoms with Crippen LogP contribution < -0.4 is 10.0 Å². The molecular formula is C22H19N3O3S2. The average molecular weight is 438 g/mol. The molecule has 0 aliphatic carbocycles. The lowest BCUT2D eigenvalue weighted by Crippen LogP contribution is -2.15. The molecule has 8 heteroatoms. The van der Waals surface area contributed by atoms with E-state index in [0.717, 1.165) is 16.0 Å². The fourth-order valence-corrected chi connectivity index (χ4v) is 4.61. The molecule has 0 radical (unpaired) electrons. The monoisotopic (exact) mass is 437 g/mol. The summed E-state index contributed by atoms with van der Waals surface area (Å²) in [4.78, 5) is 13.2. The number of amides is 1. The number of aryl methyl sites for hydroxylation is 2. The first-order chi connectivity index (χ1) is 14.3. The molecule has 30 heavy (non-hydrogen) atoms. The van der Waals surface area contributed by atoms with Crippen molar-refractivity contribution < 1.29 is 13.2 Å². The molecule has 0 bridgehead atoms. The third-order valence-electron chi connectivity index (χ3n) is 4.33. The van der Waals surface area contributed by atoms with Gasteiger partial charge in [0.05, 0.1) is 10.6 Å². The van der Waals surface area contributed by atoms with Crippen molar-refractivity contribution in [3.05, 3.63) is 81.6 Å². The third-order valence-corrected chi connectivity index (χ3v) is 6.52. The maximum atomic E-state index is 12.7. The van der Waals surface area contributed by atoms with E-state index in [0.29, 0.717) is 11.4 Å². The van der Waals surface area contributed by atoms with Gasteiger partial charge in [-0.2, -0.15) is 5.26 Å². The number of anilines is 2. The van der Waals surface area contributed by atoms with Crippen molar-refractivity contribution in [2.24, 2.45) is 0 Å². The number of thiophene rings is 1. The Bertz CT molecular complexity index is 1220. The van der Waals surface area contributed by atoms with Crippen LogP contribution in [-0.4, -0.2) is 14.3 Å². The molecule has 0 fully saturated rings. The van der Waals surface area contributed by atoms with Crippen molar-refractivity contribution >= 4 is 44.7 Å². The Kier molecular flexibility index (Phi) is 6.35. The molecule has 2 aromatic carbocycles. The minimum atomic E-state index is -3.78. The number of para-hydroxylation sites is 1. The smallest absolute Gasteiger partial charge is 0.266 e. The number of carbonyl (C=O) groups is 1. The van der Waals surface area contributed by atoms with E-state index in [2.05, 4.69) is 10.0 Å². The van der Waals surface area contributed by atoms with Crippen molar-refractivity contribution in [3.8, 4) is 6.07 Å². The van der Waals surface area contributed by atoms with E-state index in [-0.39, 0.29) is 10.5 Å². The van der Waals surface area contributed by atoms with Crippen LogP contribution in [-0.2, 0) is 14.8 Å². The van der Waals surface area contributed by atoms with Crippen LogP contribution >= 0.6 is 11.3 Å². The van der Waals surface area contributed by atoms with E-state index in [4.69, 9.17) is 0 Å². The predicted octanol–water partition coefficient (Wildman–Crippen LogP) is 4.71. The molecule has 3 rings (SSSR count). The topological polar surface area (TPSA) is 99.1 Å². The second-order valence-electron chi connectivity index (χ2n) is 6.54. The van der Waals surface area contributed by atoms with Gasteiger partial charge in [0.2, 0.25) is 0 Å². The second-order valence-corrected chi connectivity index (χ2v) is 9.20. The fraction of sp³-hybridized carbons (Fsp3) is 0.0909. The van der Waals surface area contributed by atoms with Gasteiger partial charge in [0.25, 0.3) is 15.9 Å². The highest BCUT2D eigenvalue weighted by atomic mass is 32.2. The normalized spacial score (nSPS) is 11.6. The Morgan fingerprint density at radius 3 is 2.27 bits per heavy atom. The van der Waals surface area contributed by atoms with Gasteiger partial charge in [-0.3, -0.25) is 9.52 Å². The highest BCUT2D eigenvalue weighted by Gasteiger charge is 2.17. The van der Waals surface area contributed by atoms with Gasteiger partial charge in [0, 0.05) is 10.6 Å². The largest absolute Gasteiger partial charge is 0.321 e. The number of benzene rings is 2. The van der Waals surface area contributed by atoms with Crippen molar-refractivity contribution in [3.63, 3.8) is 0 Å². The standard InChI is InChI=1S/C22H19N3O3S2/c1-15-5-3-6-16(2)21(15)25-30(27,28)20-10-8-18(9-11-20)24-22(26)17(14-23)13-19-7-4-12-29-19/h3-13,25H,1-2H3,(H,24,26). The predicted molar refractivity (Wildman–Crippen MR) is 120 cm³/mol. The molecule has 0 saturated carbocycles. The molecule has 0 atom stereocenters. The van der Waals surface area contributed by atoms with Crippen LogP contribution in [0, 0.1) is 25.2 Å². The van der Waals surface area contributed by atoms with Gasteiger partial charge >= 0.3 is 0 Å². The molecule has 0 aliphatic rings. The van der Waals surface area contributed by atoms with E-state index < -0.39 is 15.9 Å². The maximum Gasteiger partial charge on any atom is 0.266 e. The number of sulfonamides is 1. The minimum absolute atomic E-state index is 0.0363. The number of nitrogens with zero attached hydrogens (tertiary/aromatic N) is 1. The van der Waals surface area contributed by atoms with Gasteiger partial charge in [0.1, 0.15) is 11.6 Å². The van der Waals surface area contributed by atoms with E-state index in [9.17, 15) is 18.5 Å². The zero-order valence-corrected chi connectivity index (χ0v) is 18.0. The van der Waals surface area contributed by atoms with Gasteiger partial charge in [0.15, 0.2) is 0 Å². The van der Waals surface area contributed by atoms with Gasteiger partial charge < -0.3 is 5.32 Å². The Labute approximate surface area is 179 Å². The second kappa shape index (κ2) is 8.95. The Morgan fingerprint density at radius 2 is 1.70 bits per heavy atom. The van der Waals surface area contributed by atoms with Crippen molar-refractivity contribution in [1.29, 1.82) is 5.26 Å². The summed E-state index contributed by atoms with van der Waals surface area (Å²) in [6, 6.07) is 16.8. The lowest BCUT2D eigenvalue weighted by Gasteiger charge is -2.13. The Morgan fingerprint density at radius 1 is 1.03 bits per heavy atom. The van der Waals surface area contributed by atoms with Crippen LogP contribution in [0.15, 0.2) is 70.4 Å². The summed E-state index contributed by atoms with van der Waals surface area (Å²) >= 11 is 1.42. The molecule has 0 aliphatic heterocycles. The summed E-state index contributed by atoms with van der Waals surface area (Å²) in [5.74, 6) is -0.560.